The van der Waals surface area contributed by atoms with E-state index in [0.717, 1.165) is 31.3 Å². The number of rotatable bonds is 9. The van der Waals surface area contributed by atoms with E-state index in [2.05, 4.69) is 10.3 Å². The monoisotopic (exact) mass is 637 g/mol. The summed E-state index contributed by atoms with van der Waals surface area (Å²) in [7, 11) is -7.48. The second-order valence-electron chi connectivity index (χ2n) is 12.2. The quantitative estimate of drug-likeness (QED) is 0.259. The molecule has 2 aromatic heterocycles. The summed E-state index contributed by atoms with van der Waals surface area (Å²) in [5.41, 5.74) is 1.40. The van der Waals surface area contributed by atoms with Crippen LogP contribution < -0.4 is 9.03 Å². The molecule has 4 aromatic rings. The molecule has 0 aliphatic heterocycles. The number of Topliss-reactive ketones (excluding diaryl/α,β-unsaturated/α-hetero) is 1. The lowest BCUT2D eigenvalue weighted by atomic mass is 9.80. The van der Waals surface area contributed by atoms with Gasteiger partial charge in [-0.2, -0.15) is 4.98 Å². The molecule has 1 spiro atoms. The summed E-state index contributed by atoms with van der Waals surface area (Å²) >= 11 is 0. The number of nitrogens with one attached hydrogen (secondary N) is 1. The Labute approximate surface area is 253 Å². The van der Waals surface area contributed by atoms with Gasteiger partial charge >= 0.3 is 0 Å². The van der Waals surface area contributed by atoms with Gasteiger partial charge < -0.3 is 9.73 Å². The molecule has 2 aromatic carbocycles. The first-order valence-electron chi connectivity index (χ1n) is 14.0. The van der Waals surface area contributed by atoms with Crippen LogP contribution in [0, 0.1) is 22.6 Å². The van der Waals surface area contributed by atoms with Crippen molar-refractivity contribution in [3.8, 4) is 22.5 Å². The van der Waals surface area contributed by atoms with Crippen LogP contribution in [0.25, 0.3) is 33.6 Å². The first kappa shape index (κ1) is 28.7. The van der Waals surface area contributed by atoms with Gasteiger partial charge in [-0.1, -0.05) is 18.2 Å². The van der Waals surface area contributed by atoms with E-state index in [1.54, 1.807) is 24.3 Å². The standard InChI is InChI=1S/C31H28FN3O7S2/c1-33-28(37)25-23-12-22(18-5-4-6-19(11-18)24(36)15-30-13-20-14-31(20,30)16-30)27(35(43(2,38)39)44(3,40)41)34-29(23)42-26(25)17-7-9-21(32)10-8-17/h4-12,20H,13-16H2,1-3H3,(H,33,37). The van der Waals surface area contributed by atoms with Crippen LogP contribution in [0.3, 0.4) is 0 Å². The Balaban J connectivity index is 1.43. The van der Waals surface area contributed by atoms with Gasteiger partial charge in [0.2, 0.25) is 25.8 Å². The number of halogens is 1. The molecule has 1 N–H and O–H groups in total. The third-order valence-corrected chi connectivity index (χ3v) is 12.6. The summed E-state index contributed by atoms with van der Waals surface area (Å²) in [5, 5.41) is 2.71. The highest BCUT2D eigenvalue weighted by molar-refractivity contribution is 8.09. The molecule has 10 nitrogen and oxygen atoms in total. The van der Waals surface area contributed by atoms with Gasteiger partial charge in [-0.05, 0) is 78.0 Å². The molecule has 0 radical (unpaired) electrons. The molecule has 3 aliphatic carbocycles. The fourth-order valence-electron chi connectivity index (χ4n) is 7.35. The Kier molecular flexibility index (Phi) is 6.00. The van der Waals surface area contributed by atoms with Crippen molar-refractivity contribution in [2.24, 2.45) is 16.7 Å². The van der Waals surface area contributed by atoms with Gasteiger partial charge in [0.25, 0.3) is 5.91 Å². The zero-order chi connectivity index (χ0) is 31.4. The molecule has 44 heavy (non-hydrogen) atoms. The Hall–Kier alpha value is -4.10. The molecule has 3 unspecified atom stereocenters. The summed E-state index contributed by atoms with van der Waals surface area (Å²) in [6.45, 7) is 0. The maximum Gasteiger partial charge on any atom is 0.255 e. The van der Waals surface area contributed by atoms with Crippen molar-refractivity contribution in [3.63, 3.8) is 0 Å². The van der Waals surface area contributed by atoms with Crippen molar-refractivity contribution in [2.45, 2.75) is 25.7 Å². The van der Waals surface area contributed by atoms with Crippen molar-refractivity contribution >= 4 is 48.7 Å². The zero-order valence-electron chi connectivity index (χ0n) is 24.0. The molecule has 3 aliphatic rings. The summed E-state index contributed by atoms with van der Waals surface area (Å²) in [6.07, 6.45) is 5.25. The Morgan fingerprint density at radius 2 is 1.73 bits per heavy atom. The Bertz CT molecular complexity index is 2110. The number of nitrogens with zero attached hydrogens (tertiary/aromatic N) is 2. The third kappa shape index (κ3) is 4.27. The first-order chi connectivity index (χ1) is 20.7. The van der Waals surface area contributed by atoms with E-state index in [4.69, 9.17) is 4.42 Å². The number of amides is 1. The van der Waals surface area contributed by atoms with E-state index in [-0.39, 0.29) is 42.9 Å². The topological polar surface area (TPSA) is 144 Å². The number of hydrogen-bond acceptors (Lipinski definition) is 8. The number of carbonyl (C=O) groups is 2. The normalized spacial score (nSPS) is 23.3. The fourth-order valence-corrected chi connectivity index (χ4v) is 10.2. The second kappa shape index (κ2) is 9.21. The number of hydrogen-bond donors (Lipinski definition) is 1. The number of carbonyl (C=O) groups excluding carboxylic acids is 2. The maximum absolute atomic E-state index is 13.7. The van der Waals surface area contributed by atoms with Gasteiger partial charge in [0.05, 0.1) is 23.5 Å². The van der Waals surface area contributed by atoms with Gasteiger partial charge in [0.15, 0.2) is 11.6 Å². The van der Waals surface area contributed by atoms with Crippen molar-refractivity contribution in [1.29, 1.82) is 0 Å². The van der Waals surface area contributed by atoms with Crippen LogP contribution in [0.5, 0.6) is 0 Å². The number of sulfonamides is 2. The Morgan fingerprint density at radius 1 is 1.02 bits per heavy atom. The molecule has 3 atom stereocenters. The average molecular weight is 638 g/mol. The number of furan rings is 1. The minimum atomic E-state index is -4.45. The van der Waals surface area contributed by atoms with E-state index in [0.29, 0.717) is 28.5 Å². The van der Waals surface area contributed by atoms with Crippen molar-refractivity contribution in [3.05, 3.63) is 71.5 Å². The van der Waals surface area contributed by atoms with Crippen LogP contribution >= 0.6 is 0 Å². The first-order valence-corrected chi connectivity index (χ1v) is 17.7. The predicted octanol–water partition coefficient (Wildman–Crippen LogP) is 4.76. The van der Waals surface area contributed by atoms with Crippen LogP contribution in [0.4, 0.5) is 10.2 Å². The minimum Gasteiger partial charge on any atom is -0.437 e. The van der Waals surface area contributed by atoms with E-state index in [9.17, 15) is 30.8 Å². The molecule has 0 bridgehead atoms. The average Bonchev–Trinajstić information content (AvgIpc) is 3.62. The van der Waals surface area contributed by atoms with E-state index >= 15 is 0 Å². The van der Waals surface area contributed by atoms with Gasteiger partial charge in [-0.15, -0.1) is 3.71 Å². The molecule has 3 fully saturated rings. The SMILES string of the molecule is CNC(=O)c1c(-c2ccc(F)cc2)oc2nc(N(S(C)(=O)=O)S(C)(=O)=O)c(-c3cccc(C(=O)CC45CC6CC64C5)c3)cc12. The summed E-state index contributed by atoms with van der Waals surface area (Å²) in [4.78, 5) is 31.0. The van der Waals surface area contributed by atoms with Crippen LogP contribution in [-0.4, -0.2) is 53.1 Å². The number of pyridine rings is 1. The smallest absolute Gasteiger partial charge is 0.255 e. The number of benzene rings is 2. The Morgan fingerprint density at radius 3 is 2.30 bits per heavy atom. The molecular weight excluding hydrogens is 609 g/mol. The number of aromatic nitrogens is 1. The molecule has 2 heterocycles. The largest absolute Gasteiger partial charge is 0.437 e. The van der Waals surface area contributed by atoms with E-state index in [1.165, 1.54) is 43.8 Å². The highest BCUT2D eigenvalue weighted by atomic mass is 32.3. The lowest BCUT2D eigenvalue weighted by Crippen LogP contribution is -2.36. The summed E-state index contributed by atoms with van der Waals surface area (Å²) in [6, 6.07) is 13.1. The number of fused-ring (bicyclic) bond motifs is 1. The van der Waals surface area contributed by atoms with Crippen molar-refractivity contribution < 1.29 is 35.2 Å². The summed E-state index contributed by atoms with van der Waals surface area (Å²) < 4.78 is 71.5. The van der Waals surface area contributed by atoms with Gasteiger partial charge in [-0.3, -0.25) is 9.59 Å². The van der Waals surface area contributed by atoms with Crippen molar-refractivity contribution in [2.75, 3.05) is 23.3 Å². The lowest BCUT2D eigenvalue weighted by Gasteiger charge is -2.24. The number of anilines is 1. The molecule has 13 heteroatoms. The van der Waals surface area contributed by atoms with Crippen molar-refractivity contribution in [1.82, 2.24) is 10.3 Å². The molecule has 1 amide bonds. The van der Waals surface area contributed by atoms with Crippen LogP contribution in [0.2, 0.25) is 0 Å². The zero-order valence-corrected chi connectivity index (χ0v) is 25.7. The third-order valence-electron chi connectivity index (χ3n) is 9.45. The van der Waals surface area contributed by atoms with Gasteiger partial charge in [-0.25, -0.2) is 21.2 Å². The van der Waals surface area contributed by atoms with Gasteiger partial charge in [0, 0.05) is 30.2 Å². The highest BCUT2D eigenvalue weighted by Gasteiger charge is 2.88. The highest BCUT2D eigenvalue weighted by Crippen LogP contribution is 2.95. The molecular formula is C31H28FN3O7S2. The van der Waals surface area contributed by atoms with Gasteiger partial charge in [0.1, 0.15) is 11.6 Å². The van der Waals surface area contributed by atoms with Crippen LogP contribution in [-0.2, 0) is 20.0 Å². The molecule has 3 saturated carbocycles. The minimum absolute atomic E-state index is 0.0284. The lowest BCUT2D eigenvalue weighted by molar-refractivity contribution is 0.0919. The predicted molar refractivity (Wildman–Crippen MR) is 162 cm³/mol. The number of ketones is 1. The van der Waals surface area contributed by atoms with E-state index in [1.807, 2.05) is 0 Å². The van der Waals surface area contributed by atoms with Crippen LogP contribution in [0.15, 0.2) is 59.0 Å². The maximum atomic E-state index is 13.7. The fraction of sp³-hybridized carbons (Fsp3) is 0.323. The second-order valence-corrected chi connectivity index (χ2v) is 16.1. The van der Waals surface area contributed by atoms with E-state index < -0.39 is 37.6 Å². The molecule has 7 rings (SSSR count). The molecule has 228 valence electrons. The molecule has 0 saturated heterocycles. The summed E-state index contributed by atoms with van der Waals surface area (Å²) in [5.74, 6) is -0.807. The van der Waals surface area contributed by atoms with Crippen LogP contribution in [0.1, 0.15) is 46.4 Å².